The van der Waals surface area contributed by atoms with Gasteiger partial charge in [-0.05, 0) is 58.7 Å². The highest BCUT2D eigenvalue weighted by atomic mass is 32.2. The van der Waals surface area contributed by atoms with Gasteiger partial charge in [-0.3, -0.25) is 0 Å². The van der Waals surface area contributed by atoms with E-state index < -0.39 is 20.3 Å². The minimum absolute atomic E-state index is 0.566. The number of fused-ring (bicyclic) bond motifs is 2. The van der Waals surface area contributed by atoms with Gasteiger partial charge in [0.15, 0.2) is 9.84 Å². The number of benzene rings is 4. The van der Waals surface area contributed by atoms with E-state index in [4.69, 9.17) is 0 Å². The molecule has 27 heavy (non-hydrogen) atoms. The van der Waals surface area contributed by atoms with E-state index in [2.05, 4.69) is 0 Å². The van der Waals surface area contributed by atoms with E-state index in [1.807, 2.05) is 84.9 Å². The molecule has 0 aromatic heterocycles. The van der Waals surface area contributed by atoms with Crippen molar-refractivity contribution in [2.45, 2.75) is 24.3 Å². The van der Waals surface area contributed by atoms with Crippen molar-refractivity contribution < 1.29 is 8.42 Å². The van der Waals surface area contributed by atoms with E-state index in [-0.39, 0.29) is 0 Å². The maximum atomic E-state index is 13.3. The lowest BCUT2D eigenvalue weighted by atomic mass is 10.1. The molecule has 2 nitrogen and oxygen atoms in total. The van der Waals surface area contributed by atoms with Crippen LogP contribution in [0.15, 0.2) is 84.9 Å². The maximum Gasteiger partial charge on any atom is 0.163 e. The Balaban J connectivity index is 1.71. The minimum atomic E-state index is -3.38. The van der Waals surface area contributed by atoms with E-state index in [0.717, 1.165) is 32.7 Å². The van der Waals surface area contributed by atoms with Gasteiger partial charge in [0.1, 0.15) is 0 Å². The summed E-state index contributed by atoms with van der Waals surface area (Å²) in [5, 5.41) is 3.24. The number of hydrogen-bond acceptors (Lipinski definition) is 2. The average molecular weight is 375 g/mol. The Labute approximate surface area is 160 Å². The number of rotatable bonds is 4. The van der Waals surface area contributed by atoms with Gasteiger partial charge in [0, 0.05) is 0 Å². The fraction of sp³-hybridized carbons (Fsp3) is 0.167. The van der Waals surface area contributed by atoms with Crippen LogP contribution in [-0.2, 0) is 9.84 Å². The van der Waals surface area contributed by atoms with Crippen molar-refractivity contribution in [1.82, 2.24) is 0 Å². The van der Waals surface area contributed by atoms with Crippen LogP contribution in [0.3, 0.4) is 0 Å². The Morgan fingerprint density at radius 2 is 0.926 bits per heavy atom. The van der Waals surface area contributed by atoms with E-state index >= 15 is 0 Å². The lowest BCUT2D eigenvalue weighted by molar-refractivity contribution is 0.576. The van der Waals surface area contributed by atoms with E-state index in [1.54, 1.807) is 13.8 Å². The van der Waals surface area contributed by atoms with Gasteiger partial charge in [-0.25, -0.2) is 8.42 Å². The second-order valence-electron chi connectivity index (χ2n) is 7.09. The van der Waals surface area contributed by atoms with E-state index in [1.165, 1.54) is 0 Å². The molecule has 0 aliphatic rings. The summed E-state index contributed by atoms with van der Waals surface area (Å²) in [5.74, 6) is 0. The maximum absolute atomic E-state index is 13.3. The van der Waals surface area contributed by atoms with Crippen LogP contribution >= 0.6 is 0 Å². The second-order valence-corrected chi connectivity index (χ2v) is 9.68. The molecule has 0 saturated heterocycles. The molecule has 2 unspecified atom stereocenters. The third-order valence-electron chi connectivity index (χ3n) is 5.47. The lowest BCUT2D eigenvalue weighted by Gasteiger charge is -2.20. The third kappa shape index (κ3) is 3.24. The first-order valence-corrected chi connectivity index (χ1v) is 10.8. The molecule has 0 aliphatic carbocycles. The van der Waals surface area contributed by atoms with Crippen molar-refractivity contribution in [1.29, 1.82) is 0 Å². The van der Waals surface area contributed by atoms with Crippen molar-refractivity contribution in [3.8, 4) is 0 Å². The van der Waals surface area contributed by atoms with Crippen molar-refractivity contribution in [2.75, 3.05) is 0 Å². The average Bonchev–Trinajstić information content (AvgIpc) is 2.71. The molecule has 0 saturated carbocycles. The molecule has 0 heterocycles. The van der Waals surface area contributed by atoms with Crippen LogP contribution in [0.2, 0.25) is 0 Å². The highest BCUT2D eigenvalue weighted by Crippen LogP contribution is 2.35. The topological polar surface area (TPSA) is 34.1 Å². The molecule has 0 bridgehead atoms. The quantitative estimate of drug-likeness (QED) is 0.424. The first-order chi connectivity index (χ1) is 13.0. The van der Waals surface area contributed by atoms with Gasteiger partial charge in [0.2, 0.25) is 0 Å². The molecule has 4 aromatic carbocycles. The number of hydrogen-bond donors (Lipinski definition) is 0. The summed E-state index contributed by atoms with van der Waals surface area (Å²) in [6.07, 6.45) is 0. The first-order valence-electron chi connectivity index (χ1n) is 9.17. The van der Waals surface area contributed by atoms with Crippen LogP contribution in [0, 0.1) is 0 Å². The second kappa shape index (κ2) is 6.82. The van der Waals surface area contributed by atoms with Gasteiger partial charge < -0.3 is 0 Å². The molecule has 3 heteroatoms. The fourth-order valence-electron chi connectivity index (χ4n) is 3.61. The van der Waals surface area contributed by atoms with Crippen LogP contribution in [0.5, 0.6) is 0 Å². The van der Waals surface area contributed by atoms with E-state index in [9.17, 15) is 8.42 Å². The summed E-state index contributed by atoms with van der Waals surface area (Å²) in [7, 11) is -3.38. The van der Waals surface area contributed by atoms with Gasteiger partial charge in [0.05, 0.1) is 10.5 Å². The van der Waals surface area contributed by atoms with Crippen molar-refractivity contribution >= 4 is 31.4 Å². The zero-order valence-corrected chi connectivity index (χ0v) is 16.3. The van der Waals surface area contributed by atoms with Gasteiger partial charge in [-0.2, -0.15) is 0 Å². The van der Waals surface area contributed by atoms with Gasteiger partial charge in [-0.1, -0.05) is 72.8 Å². The predicted octanol–water partition coefficient (Wildman–Crippen LogP) is 6.23. The van der Waals surface area contributed by atoms with Crippen LogP contribution in [0.25, 0.3) is 21.5 Å². The van der Waals surface area contributed by atoms with Crippen LogP contribution < -0.4 is 0 Å². The molecule has 136 valence electrons. The monoisotopic (exact) mass is 374 g/mol. The molecule has 0 fully saturated rings. The van der Waals surface area contributed by atoms with Crippen molar-refractivity contribution in [3.63, 3.8) is 0 Å². The van der Waals surface area contributed by atoms with Crippen molar-refractivity contribution in [3.05, 3.63) is 96.1 Å². The fourth-order valence-corrected chi connectivity index (χ4v) is 5.27. The Morgan fingerprint density at radius 3 is 1.33 bits per heavy atom. The molecule has 4 aromatic rings. The molecule has 0 amide bonds. The predicted molar refractivity (Wildman–Crippen MR) is 114 cm³/mol. The van der Waals surface area contributed by atoms with Crippen LogP contribution in [0.1, 0.15) is 35.5 Å². The summed E-state index contributed by atoms with van der Waals surface area (Å²) in [6, 6.07) is 27.9. The Bertz CT molecular complexity index is 1130. The summed E-state index contributed by atoms with van der Waals surface area (Å²) in [4.78, 5) is 0. The van der Waals surface area contributed by atoms with Crippen LogP contribution in [-0.4, -0.2) is 8.42 Å². The third-order valence-corrected chi connectivity index (χ3v) is 7.99. The highest BCUT2D eigenvalue weighted by molar-refractivity contribution is 7.91. The summed E-state index contributed by atoms with van der Waals surface area (Å²) in [5.41, 5.74) is 1.67. The molecule has 2 atom stereocenters. The molecular weight excluding hydrogens is 352 g/mol. The Morgan fingerprint density at radius 1 is 0.556 bits per heavy atom. The van der Waals surface area contributed by atoms with Crippen LogP contribution in [0.4, 0.5) is 0 Å². The largest absolute Gasteiger partial charge is 0.228 e. The molecular formula is C24H22O2S. The Kier molecular flexibility index (Phi) is 4.48. The van der Waals surface area contributed by atoms with Gasteiger partial charge in [0.25, 0.3) is 0 Å². The summed E-state index contributed by atoms with van der Waals surface area (Å²) in [6.45, 7) is 3.58. The summed E-state index contributed by atoms with van der Waals surface area (Å²) >= 11 is 0. The van der Waals surface area contributed by atoms with E-state index in [0.29, 0.717) is 0 Å². The first kappa shape index (κ1) is 17.7. The SMILES string of the molecule is CC(c1ccc2ccccc2c1)S(=O)(=O)C(C)c1ccc2ccccc2c1. The van der Waals surface area contributed by atoms with Gasteiger partial charge in [-0.15, -0.1) is 0 Å². The highest BCUT2D eigenvalue weighted by Gasteiger charge is 2.30. The molecule has 0 radical (unpaired) electrons. The van der Waals surface area contributed by atoms with Crippen molar-refractivity contribution in [2.24, 2.45) is 0 Å². The molecule has 4 rings (SSSR count). The smallest absolute Gasteiger partial charge is 0.163 e. The van der Waals surface area contributed by atoms with Gasteiger partial charge >= 0.3 is 0 Å². The Hall–Kier alpha value is -2.65. The molecule has 0 aliphatic heterocycles. The molecule has 0 N–H and O–H groups in total. The number of sulfone groups is 1. The molecule has 0 spiro atoms. The zero-order valence-electron chi connectivity index (χ0n) is 15.5. The standard InChI is InChI=1S/C24H22O2S/c1-17(21-13-11-19-7-3-5-9-23(19)15-21)27(25,26)18(2)22-14-12-20-8-4-6-10-24(20)16-22/h3-18H,1-2H3. The lowest BCUT2D eigenvalue weighted by Crippen LogP contribution is -2.17. The minimum Gasteiger partial charge on any atom is -0.228 e. The summed E-state index contributed by atoms with van der Waals surface area (Å²) < 4.78 is 26.6. The normalized spacial score (nSPS) is 14.3. The zero-order chi connectivity index (χ0) is 19.0.